The Morgan fingerprint density at radius 1 is 1.00 bits per heavy atom. The number of piperazine rings is 1. The number of nitrogens with zero attached hydrogens (tertiary/aromatic N) is 4. The first kappa shape index (κ1) is 22.6. The summed E-state index contributed by atoms with van der Waals surface area (Å²) in [6.45, 7) is 6.85. The largest absolute Gasteiger partial charge is 0.366 e. The minimum Gasteiger partial charge on any atom is -0.366 e. The predicted molar refractivity (Wildman–Crippen MR) is 124 cm³/mol. The minimum atomic E-state index is -0.488. The Hall–Kier alpha value is -3.56. The lowest BCUT2D eigenvalue weighted by molar-refractivity contribution is -0.116. The maximum absolute atomic E-state index is 12.2. The number of aryl methyl sites for hydroxylation is 1. The van der Waals surface area contributed by atoms with Gasteiger partial charge in [0.15, 0.2) is 0 Å². The standard InChI is InChI=1S/C24H28N6O3/c1-17-2-4-19(5-3-17)24-27-22(33-28-24)16-30-14-12-29(13-15-30)11-10-21(31)26-20-8-6-18(7-9-20)23(25)32/h2-9H,10-16H2,1H3,(H2,25,32)(H,26,31). The van der Waals surface area contributed by atoms with Gasteiger partial charge in [0.2, 0.25) is 23.5 Å². The van der Waals surface area contributed by atoms with Crippen molar-refractivity contribution in [2.24, 2.45) is 5.73 Å². The number of anilines is 1. The number of hydrogen-bond donors (Lipinski definition) is 2. The van der Waals surface area contributed by atoms with E-state index in [0.717, 1.165) is 31.7 Å². The minimum absolute atomic E-state index is 0.0567. The van der Waals surface area contributed by atoms with E-state index in [9.17, 15) is 9.59 Å². The summed E-state index contributed by atoms with van der Waals surface area (Å²) in [5, 5.41) is 6.95. The summed E-state index contributed by atoms with van der Waals surface area (Å²) in [6, 6.07) is 14.6. The molecule has 9 heteroatoms. The Kier molecular flexibility index (Phi) is 7.11. The molecule has 3 aromatic rings. The molecule has 0 unspecified atom stereocenters. The molecule has 1 aliphatic heterocycles. The summed E-state index contributed by atoms with van der Waals surface area (Å²) < 4.78 is 5.44. The molecule has 2 heterocycles. The van der Waals surface area contributed by atoms with E-state index in [2.05, 4.69) is 25.3 Å². The van der Waals surface area contributed by atoms with Crippen LogP contribution in [0.3, 0.4) is 0 Å². The third-order valence-corrected chi connectivity index (χ3v) is 5.71. The fourth-order valence-corrected chi connectivity index (χ4v) is 3.70. The van der Waals surface area contributed by atoms with Crippen LogP contribution in [0.1, 0.15) is 28.2 Å². The molecule has 4 rings (SSSR count). The van der Waals surface area contributed by atoms with Crippen LogP contribution in [0.15, 0.2) is 53.1 Å². The van der Waals surface area contributed by atoms with E-state index in [1.54, 1.807) is 24.3 Å². The Morgan fingerprint density at radius 2 is 1.67 bits per heavy atom. The van der Waals surface area contributed by atoms with Crippen LogP contribution in [0, 0.1) is 6.92 Å². The molecule has 1 saturated heterocycles. The zero-order valence-electron chi connectivity index (χ0n) is 18.7. The van der Waals surface area contributed by atoms with Crippen molar-refractivity contribution in [2.45, 2.75) is 19.9 Å². The van der Waals surface area contributed by atoms with E-state index in [4.69, 9.17) is 10.3 Å². The van der Waals surface area contributed by atoms with Gasteiger partial charge >= 0.3 is 0 Å². The van der Waals surface area contributed by atoms with Crippen LogP contribution in [-0.2, 0) is 11.3 Å². The highest BCUT2D eigenvalue weighted by atomic mass is 16.5. The molecule has 9 nitrogen and oxygen atoms in total. The molecule has 0 bridgehead atoms. The van der Waals surface area contributed by atoms with E-state index in [1.807, 2.05) is 31.2 Å². The molecule has 0 saturated carbocycles. The van der Waals surface area contributed by atoms with Crippen molar-refractivity contribution < 1.29 is 14.1 Å². The van der Waals surface area contributed by atoms with Gasteiger partial charge in [-0.2, -0.15) is 4.98 Å². The number of hydrogen-bond acceptors (Lipinski definition) is 7. The summed E-state index contributed by atoms with van der Waals surface area (Å²) in [7, 11) is 0. The molecule has 33 heavy (non-hydrogen) atoms. The van der Waals surface area contributed by atoms with Crippen LogP contribution < -0.4 is 11.1 Å². The van der Waals surface area contributed by atoms with E-state index >= 15 is 0 Å². The average molecular weight is 449 g/mol. The molecule has 2 aromatic carbocycles. The molecule has 3 N–H and O–H groups in total. The number of nitrogens with two attached hydrogens (primary N) is 1. The van der Waals surface area contributed by atoms with Crippen LogP contribution in [0.25, 0.3) is 11.4 Å². The predicted octanol–water partition coefficient (Wildman–Crippen LogP) is 2.29. The van der Waals surface area contributed by atoms with Crippen LogP contribution >= 0.6 is 0 Å². The number of aromatic nitrogens is 2. The van der Waals surface area contributed by atoms with Crippen molar-refractivity contribution in [3.63, 3.8) is 0 Å². The van der Waals surface area contributed by atoms with Crippen LogP contribution in [0.2, 0.25) is 0 Å². The second-order valence-electron chi connectivity index (χ2n) is 8.24. The maximum Gasteiger partial charge on any atom is 0.248 e. The molecular formula is C24H28N6O3. The average Bonchev–Trinajstić information content (AvgIpc) is 3.28. The van der Waals surface area contributed by atoms with Crippen molar-refractivity contribution in [2.75, 3.05) is 38.0 Å². The summed E-state index contributed by atoms with van der Waals surface area (Å²) >= 11 is 0. The Morgan fingerprint density at radius 3 is 2.33 bits per heavy atom. The maximum atomic E-state index is 12.2. The van der Waals surface area contributed by atoms with E-state index in [1.165, 1.54) is 5.56 Å². The fraction of sp³-hybridized carbons (Fsp3) is 0.333. The molecule has 1 aromatic heterocycles. The lowest BCUT2D eigenvalue weighted by Crippen LogP contribution is -2.46. The number of primary amides is 1. The highest BCUT2D eigenvalue weighted by Gasteiger charge is 2.20. The molecule has 0 atom stereocenters. The van der Waals surface area contributed by atoms with Gasteiger partial charge in [0.25, 0.3) is 0 Å². The van der Waals surface area contributed by atoms with Gasteiger partial charge in [-0.3, -0.25) is 14.5 Å². The van der Waals surface area contributed by atoms with Crippen molar-refractivity contribution in [3.05, 3.63) is 65.5 Å². The second kappa shape index (κ2) is 10.4. The highest BCUT2D eigenvalue weighted by Crippen LogP contribution is 2.17. The number of carbonyl (C=O) groups excluding carboxylic acids is 2. The summed E-state index contributed by atoms with van der Waals surface area (Å²) in [5.41, 5.74) is 8.44. The molecule has 2 amide bonds. The van der Waals surface area contributed by atoms with Gasteiger partial charge in [0, 0.05) is 56.0 Å². The van der Waals surface area contributed by atoms with Gasteiger partial charge in [-0.15, -0.1) is 0 Å². The number of rotatable bonds is 8. The normalized spacial score (nSPS) is 14.8. The van der Waals surface area contributed by atoms with Gasteiger partial charge in [-0.05, 0) is 31.2 Å². The summed E-state index contributed by atoms with van der Waals surface area (Å²) in [4.78, 5) is 32.5. The monoisotopic (exact) mass is 448 g/mol. The lowest BCUT2D eigenvalue weighted by atomic mass is 10.1. The Labute approximate surface area is 192 Å². The molecular weight excluding hydrogens is 420 g/mol. The number of carbonyl (C=O) groups is 2. The first-order chi connectivity index (χ1) is 16.0. The van der Waals surface area contributed by atoms with Crippen molar-refractivity contribution in [3.8, 4) is 11.4 Å². The van der Waals surface area contributed by atoms with Crippen molar-refractivity contribution in [1.82, 2.24) is 19.9 Å². The van der Waals surface area contributed by atoms with Gasteiger partial charge < -0.3 is 20.5 Å². The Bertz CT molecular complexity index is 1090. The smallest absolute Gasteiger partial charge is 0.248 e. The van der Waals surface area contributed by atoms with Crippen LogP contribution in [0.5, 0.6) is 0 Å². The third-order valence-electron chi connectivity index (χ3n) is 5.71. The van der Waals surface area contributed by atoms with E-state index in [-0.39, 0.29) is 5.91 Å². The van der Waals surface area contributed by atoms with E-state index in [0.29, 0.717) is 42.5 Å². The zero-order valence-corrected chi connectivity index (χ0v) is 18.7. The quantitative estimate of drug-likeness (QED) is 0.543. The Balaban J connectivity index is 1.18. The molecule has 172 valence electrons. The molecule has 0 radical (unpaired) electrons. The number of amides is 2. The van der Waals surface area contributed by atoms with Crippen LogP contribution in [-0.4, -0.2) is 64.5 Å². The van der Waals surface area contributed by atoms with Crippen molar-refractivity contribution >= 4 is 17.5 Å². The van der Waals surface area contributed by atoms with Crippen molar-refractivity contribution in [1.29, 1.82) is 0 Å². The second-order valence-corrected chi connectivity index (χ2v) is 8.24. The van der Waals surface area contributed by atoms with E-state index < -0.39 is 5.91 Å². The first-order valence-corrected chi connectivity index (χ1v) is 11.0. The number of nitrogens with one attached hydrogen (secondary N) is 1. The molecule has 0 spiro atoms. The van der Waals surface area contributed by atoms with Gasteiger partial charge in [-0.1, -0.05) is 35.0 Å². The highest BCUT2D eigenvalue weighted by molar-refractivity contribution is 5.94. The van der Waals surface area contributed by atoms with Crippen LogP contribution in [0.4, 0.5) is 5.69 Å². The topological polar surface area (TPSA) is 118 Å². The fourth-order valence-electron chi connectivity index (χ4n) is 3.70. The molecule has 1 fully saturated rings. The van der Waals surface area contributed by atoms with Gasteiger partial charge in [0.05, 0.1) is 6.54 Å². The molecule has 1 aliphatic rings. The van der Waals surface area contributed by atoms with Gasteiger partial charge in [-0.25, -0.2) is 0 Å². The summed E-state index contributed by atoms with van der Waals surface area (Å²) in [6.07, 6.45) is 0.404. The zero-order chi connectivity index (χ0) is 23.2. The summed E-state index contributed by atoms with van der Waals surface area (Å²) in [5.74, 6) is 0.677. The first-order valence-electron chi connectivity index (χ1n) is 11.0. The third kappa shape index (κ3) is 6.24. The number of benzene rings is 2. The molecule has 0 aliphatic carbocycles. The lowest BCUT2D eigenvalue weighted by Gasteiger charge is -2.33. The SMILES string of the molecule is Cc1ccc(-c2noc(CN3CCN(CCC(=O)Nc4ccc(C(N)=O)cc4)CC3)n2)cc1. The van der Waals surface area contributed by atoms with Gasteiger partial charge in [0.1, 0.15) is 0 Å².